The third-order valence-corrected chi connectivity index (χ3v) is 5.14. The van der Waals surface area contributed by atoms with Crippen LogP contribution >= 0.6 is 0 Å². The summed E-state index contributed by atoms with van der Waals surface area (Å²) in [4.78, 5) is 17.1. The van der Waals surface area contributed by atoms with Crippen LogP contribution < -0.4 is 4.90 Å². The maximum absolute atomic E-state index is 12.8. The third kappa shape index (κ3) is 2.61. The number of anilines is 1. The predicted octanol–water partition coefficient (Wildman–Crippen LogP) is 3.02. The molecule has 0 fully saturated rings. The summed E-state index contributed by atoms with van der Waals surface area (Å²) in [5.41, 5.74) is 5.26. The van der Waals surface area contributed by atoms with Crippen LogP contribution in [0.1, 0.15) is 23.6 Å². The van der Waals surface area contributed by atoms with Gasteiger partial charge in [-0.1, -0.05) is 42.5 Å². The number of benzene rings is 2. The standard InChI is InChI=1S/C20H22N2O/c1-15-12-17-7-4-5-9-19(17)22(15)14-20(23)21-11-10-16-6-2-3-8-18(16)13-21/h2-9,15H,10-14H2,1H3. The summed E-state index contributed by atoms with van der Waals surface area (Å²) in [5.74, 6) is 0.239. The Labute approximate surface area is 137 Å². The molecular weight excluding hydrogens is 284 g/mol. The van der Waals surface area contributed by atoms with Crippen molar-refractivity contribution in [2.45, 2.75) is 32.4 Å². The number of rotatable bonds is 2. The van der Waals surface area contributed by atoms with Crippen LogP contribution in [-0.2, 0) is 24.2 Å². The van der Waals surface area contributed by atoms with Crippen molar-refractivity contribution in [3.05, 3.63) is 65.2 Å². The number of carbonyl (C=O) groups is 1. The molecule has 1 atom stereocenters. The molecule has 0 saturated carbocycles. The van der Waals surface area contributed by atoms with E-state index >= 15 is 0 Å². The second-order valence-corrected chi connectivity index (χ2v) is 6.64. The maximum atomic E-state index is 12.8. The van der Waals surface area contributed by atoms with Crippen molar-refractivity contribution in [1.82, 2.24) is 4.90 Å². The largest absolute Gasteiger partial charge is 0.359 e. The van der Waals surface area contributed by atoms with Crippen LogP contribution in [0.25, 0.3) is 0 Å². The number of fused-ring (bicyclic) bond motifs is 2. The number of nitrogens with zero attached hydrogens (tertiary/aromatic N) is 2. The quantitative estimate of drug-likeness (QED) is 0.851. The van der Waals surface area contributed by atoms with Gasteiger partial charge in [0.15, 0.2) is 0 Å². The van der Waals surface area contributed by atoms with E-state index in [2.05, 4.69) is 60.4 Å². The molecule has 0 radical (unpaired) electrons. The molecule has 0 aliphatic carbocycles. The fourth-order valence-corrected chi connectivity index (χ4v) is 3.82. The minimum Gasteiger partial charge on any atom is -0.359 e. The lowest BCUT2D eigenvalue weighted by Gasteiger charge is -2.32. The maximum Gasteiger partial charge on any atom is 0.242 e. The van der Waals surface area contributed by atoms with E-state index < -0.39 is 0 Å². The van der Waals surface area contributed by atoms with E-state index in [0.29, 0.717) is 12.6 Å². The van der Waals surface area contributed by atoms with Gasteiger partial charge in [0.25, 0.3) is 0 Å². The Balaban J connectivity index is 1.49. The summed E-state index contributed by atoms with van der Waals surface area (Å²) in [6.07, 6.45) is 2.00. The van der Waals surface area contributed by atoms with E-state index in [4.69, 9.17) is 0 Å². The summed E-state index contributed by atoms with van der Waals surface area (Å²) < 4.78 is 0. The SMILES string of the molecule is CC1Cc2ccccc2N1CC(=O)N1CCc2ccccc2C1. The van der Waals surface area contributed by atoms with Gasteiger partial charge in [-0.05, 0) is 42.5 Å². The summed E-state index contributed by atoms with van der Waals surface area (Å²) in [7, 11) is 0. The highest BCUT2D eigenvalue weighted by atomic mass is 16.2. The molecule has 0 spiro atoms. The van der Waals surface area contributed by atoms with Gasteiger partial charge in [-0.2, -0.15) is 0 Å². The van der Waals surface area contributed by atoms with Crippen LogP contribution in [0.15, 0.2) is 48.5 Å². The van der Waals surface area contributed by atoms with E-state index in [1.807, 2.05) is 4.90 Å². The number of hydrogen-bond acceptors (Lipinski definition) is 2. The van der Waals surface area contributed by atoms with Gasteiger partial charge in [-0.25, -0.2) is 0 Å². The molecule has 2 aliphatic rings. The molecule has 4 rings (SSSR count). The van der Waals surface area contributed by atoms with Crippen LogP contribution in [-0.4, -0.2) is 29.9 Å². The fraction of sp³-hybridized carbons (Fsp3) is 0.350. The van der Waals surface area contributed by atoms with Crippen molar-refractivity contribution in [3.8, 4) is 0 Å². The number of amides is 1. The van der Waals surface area contributed by atoms with Crippen molar-refractivity contribution in [2.75, 3.05) is 18.0 Å². The minimum atomic E-state index is 0.239. The Hall–Kier alpha value is -2.29. The lowest BCUT2D eigenvalue weighted by Crippen LogP contribution is -2.44. The van der Waals surface area contributed by atoms with Crippen molar-refractivity contribution in [1.29, 1.82) is 0 Å². The Bertz CT molecular complexity index is 740. The molecule has 0 saturated heterocycles. The molecule has 118 valence electrons. The van der Waals surface area contributed by atoms with Gasteiger partial charge in [0, 0.05) is 24.8 Å². The summed E-state index contributed by atoms with van der Waals surface area (Å²) in [6, 6.07) is 17.3. The van der Waals surface area contributed by atoms with Gasteiger partial charge in [-0.15, -0.1) is 0 Å². The Morgan fingerprint density at radius 3 is 2.57 bits per heavy atom. The zero-order valence-electron chi connectivity index (χ0n) is 13.5. The molecule has 2 aromatic rings. The van der Waals surface area contributed by atoms with Gasteiger partial charge in [-0.3, -0.25) is 4.79 Å². The van der Waals surface area contributed by atoms with E-state index in [1.54, 1.807) is 0 Å². The second kappa shape index (κ2) is 5.73. The van der Waals surface area contributed by atoms with Crippen molar-refractivity contribution >= 4 is 11.6 Å². The van der Waals surface area contributed by atoms with Gasteiger partial charge in [0.1, 0.15) is 0 Å². The van der Waals surface area contributed by atoms with Gasteiger partial charge < -0.3 is 9.80 Å². The summed E-state index contributed by atoms with van der Waals surface area (Å²) >= 11 is 0. The highest BCUT2D eigenvalue weighted by Crippen LogP contribution is 2.31. The molecule has 1 unspecified atom stereocenters. The first-order valence-electron chi connectivity index (χ1n) is 8.41. The molecule has 0 bridgehead atoms. The highest BCUT2D eigenvalue weighted by molar-refractivity contribution is 5.83. The normalized spacial score (nSPS) is 19.4. The van der Waals surface area contributed by atoms with Crippen LogP contribution in [0, 0.1) is 0 Å². The first-order chi connectivity index (χ1) is 11.2. The van der Waals surface area contributed by atoms with Crippen LogP contribution in [0.4, 0.5) is 5.69 Å². The van der Waals surface area contributed by atoms with Crippen LogP contribution in [0.5, 0.6) is 0 Å². The third-order valence-electron chi connectivity index (χ3n) is 5.14. The van der Waals surface area contributed by atoms with E-state index in [0.717, 1.165) is 25.9 Å². The molecular formula is C20H22N2O. The fourth-order valence-electron chi connectivity index (χ4n) is 3.82. The zero-order valence-corrected chi connectivity index (χ0v) is 13.5. The number of carbonyl (C=O) groups excluding carboxylic acids is 1. The molecule has 0 aromatic heterocycles. The smallest absolute Gasteiger partial charge is 0.242 e. The lowest BCUT2D eigenvalue weighted by molar-refractivity contribution is -0.130. The Kier molecular flexibility index (Phi) is 3.56. The molecule has 2 aromatic carbocycles. The van der Waals surface area contributed by atoms with Gasteiger partial charge >= 0.3 is 0 Å². The van der Waals surface area contributed by atoms with Gasteiger partial charge in [0.2, 0.25) is 5.91 Å². The molecule has 23 heavy (non-hydrogen) atoms. The summed E-state index contributed by atoms with van der Waals surface area (Å²) in [6.45, 7) is 4.28. The molecule has 3 heteroatoms. The van der Waals surface area contributed by atoms with Crippen molar-refractivity contribution in [3.63, 3.8) is 0 Å². The van der Waals surface area contributed by atoms with Gasteiger partial charge in [0.05, 0.1) is 6.54 Å². The number of hydrogen-bond donors (Lipinski definition) is 0. The lowest BCUT2D eigenvalue weighted by atomic mass is 10.00. The van der Waals surface area contributed by atoms with Crippen LogP contribution in [0.2, 0.25) is 0 Å². The highest BCUT2D eigenvalue weighted by Gasteiger charge is 2.29. The first-order valence-corrected chi connectivity index (χ1v) is 8.41. The van der Waals surface area contributed by atoms with Crippen LogP contribution in [0.3, 0.4) is 0 Å². The van der Waals surface area contributed by atoms with E-state index in [1.165, 1.54) is 22.4 Å². The predicted molar refractivity (Wildman–Crippen MR) is 92.5 cm³/mol. The summed E-state index contributed by atoms with van der Waals surface area (Å²) in [5, 5.41) is 0. The molecule has 2 aliphatic heterocycles. The molecule has 0 N–H and O–H groups in total. The first kappa shape index (κ1) is 14.3. The molecule has 1 amide bonds. The Morgan fingerprint density at radius 1 is 1.04 bits per heavy atom. The molecule has 3 nitrogen and oxygen atoms in total. The van der Waals surface area contributed by atoms with Crippen molar-refractivity contribution in [2.24, 2.45) is 0 Å². The van der Waals surface area contributed by atoms with E-state index in [-0.39, 0.29) is 5.91 Å². The average molecular weight is 306 g/mol. The molecule has 2 heterocycles. The number of para-hydroxylation sites is 1. The minimum absolute atomic E-state index is 0.239. The van der Waals surface area contributed by atoms with E-state index in [9.17, 15) is 4.79 Å². The second-order valence-electron chi connectivity index (χ2n) is 6.64. The monoisotopic (exact) mass is 306 g/mol. The topological polar surface area (TPSA) is 23.6 Å². The zero-order chi connectivity index (χ0) is 15.8. The van der Waals surface area contributed by atoms with Crippen molar-refractivity contribution < 1.29 is 4.79 Å². The average Bonchev–Trinajstić information content (AvgIpc) is 2.90. The Morgan fingerprint density at radius 2 is 1.74 bits per heavy atom.